The van der Waals surface area contributed by atoms with E-state index in [2.05, 4.69) is 66.9 Å². The minimum absolute atomic E-state index is 0.212. The quantitative estimate of drug-likeness (QED) is 0.178. The van der Waals surface area contributed by atoms with Gasteiger partial charge in [0, 0.05) is 10.6 Å². The van der Waals surface area contributed by atoms with Gasteiger partial charge in [0.05, 0.1) is 23.9 Å². The highest BCUT2D eigenvalue weighted by Gasteiger charge is 2.25. The van der Waals surface area contributed by atoms with Crippen molar-refractivity contribution < 1.29 is 9.15 Å². The normalized spacial score (nSPS) is 11.7. The molecule has 0 fully saturated rings. The largest absolute Gasteiger partial charge is 0.485 e. The van der Waals surface area contributed by atoms with Gasteiger partial charge in [0.15, 0.2) is 11.5 Å². The lowest BCUT2D eigenvalue weighted by molar-refractivity contribution is 0.292. The summed E-state index contributed by atoms with van der Waals surface area (Å²) < 4.78 is 16.1. The molecule has 0 saturated carbocycles. The number of hydrogen-bond acceptors (Lipinski definition) is 5. The third-order valence-electron chi connectivity index (χ3n) is 7.70. The van der Waals surface area contributed by atoms with E-state index in [1.807, 2.05) is 43.3 Å². The Kier molecular flexibility index (Phi) is 6.95. The fourth-order valence-electron chi connectivity index (χ4n) is 5.62. The molecule has 0 unspecified atom stereocenters. The molecule has 0 amide bonds. The smallest absolute Gasteiger partial charge is 0.189 e. The van der Waals surface area contributed by atoms with Gasteiger partial charge in [-0.05, 0) is 59.4 Å². The molecule has 0 atom stereocenters. The zero-order valence-corrected chi connectivity index (χ0v) is 24.9. The standard InChI is InChI=1S/C35H30ClN5O2/c1-22(2)27-18-28(36)23(3)17-29(27)43-20-30-38-35-32-31(24-11-6-4-7-12-24)33(25-13-8-5-9-14-25)40(19-26-15-10-16-42-26)34(32)37-21-41(35)39-30/h4-18,21-22H,19-20H2,1-3H3. The van der Waals surface area contributed by atoms with Crippen LogP contribution >= 0.6 is 11.6 Å². The van der Waals surface area contributed by atoms with E-state index in [-0.39, 0.29) is 12.5 Å². The third-order valence-corrected chi connectivity index (χ3v) is 8.10. The molecular weight excluding hydrogens is 558 g/mol. The van der Waals surface area contributed by atoms with Gasteiger partial charge >= 0.3 is 0 Å². The molecular formula is C35H30ClN5O2. The number of fused-ring (bicyclic) bond motifs is 3. The number of rotatable bonds is 8. The van der Waals surface area contributed by atoms with Crippen molar-refractivity contribution in [2.24, 2.45) is 0 Å². The summed E-state index contributed by atoms with van der Waals surface area (Å²) >= 11 is 6.43. The summed E-state index contributed by atoms with van der Waals surface area (Å²) in [6, 6.07) is 28.6. The lowest BCUT2D eigenvalue weighted by Gasteiger charge is -2.15. The first-order valence-electron chi connectivity index (χ1n) is 14.3. The van der Waals surface area contributed by atoms with Crippen LogP contribution in [0.25, 0.3) is 39.1 Å². The highest BCUT2D eigenvalue weighted by atomic mass is 35.5. The first-order chi connectivity index (χ1) is 21.0. The summed E-state index contributed by atoms with van der Waals surface area (Å²) in [6.45, 7) is 6.96. The summed E-state index contributed by atoms with van der Waals surface area (Å²) in [5.41, 5.74) is 7.77. The predicted molar refractivity (Wildman–Crippen MR) is 170 cm³/mol. The van der Waals surface area contributed by atoms with Gasteiger partial charge in [0.2, 0.25) is 0 Å². The Morgan fingerprint density at radius 3 is 2.35 bits per heavy atom. The Labute approximate surface area is 254 Å². The van der Waals surface area contributed by atoms with Gasteiger partial charge in [-0.2, -0.15) is 0 Å². The Morgan fingerprint density at radius 2 is 1.65 bits per heavy atom. The SMILES string of the molecule is Cc1cc(OCc2nc3c4c(-c5ccccc5)c(-c5ccccc5)n(Cc5ccco5)c4ncn3n2)c(C(C)C)cc1Cl. The van der Waals surface area contributed by atoms with E-state index in [1.54, 1.807) is 17.1 Å². The number of nitrogens with zero attached hydrogens (tertiary/aromatic N) is 5. The average molecular weight is 588 g/mol. The van der Waals surface area contributed by atoms with E-state index in [9.17, 15) is 0 Å². The molecule has 0 aliphatic heterocycles. The van der Waals surface area contributed by atoms with Crippen molar-refractivity contribution in [3.05, 3.63) is 125 Å². The molecule has 7 nitrogen and oxygen atoms in total. The van der Waals surface area contributed by atoms with Crippen molar-refractivity contribution in [2.45, 2.75) is 39.8 Å². The van der Waals surface area contributed by atoms with Gasteiger partial charge in [0.1, 0.15) is 30.1 Å². The van der Waals surface area contributed by atoms with Gasteiger partial charge in [0.25, 0.3) is 0 Å². The first kappa shape index (κ1) is 27.0. The number of furan rings is 1. The third kappa shape index (κ3) is 4.96. The van der Waals surface area contributed by atoms with Crippen molar-refractivity contribution in [2.75, 3.05) is 0 Å². The predicted octanol–water partition coefficient (Wildman–Crippen LogP) is 8.72. The van der Waals surface area contributed by atoms with Crippen molar-refractivity contribution in [1.29, 1.82) is 0 Å². The van der Waals surface area contributed by atoms with Gasteiger partial charge in [-0.3, -0.25) is 0 Å². The Hall–Kier alpha value is -4.88. The maximum absolute atomic E-state index is 6.43. The second-order valence-corrected chi connectivity index (χ2v) is 11.4. The van der Waals surface area contributed by atoms with Gasteiger partial charge in [-0.25, -0.2) is 14.5 Å². The molecule has 4 aromatic heterocycles. The number of hydrogen-bond donors (Lipinski definition) is 0. The van der Waals surface area contributed by atoms with Gasteiger partial charge in [-0.15, -0.1) is 5.10 Å². The molecule has 0 spiro atoms. The van der Waals surface area contributed by atoms with Crippen LogP contribution in [-0.4, -0.2) is 24.1 Å². The van der Waals surface area contributed by atoms with Crippen LogP contribution in [0, 0.1) is 6.92 Å². The van der Waals surface area contributed by atoms with E-state index in [0.29, 0.717) is 18.0 Å². The van der Waals surface area contributed by atoms with Gasteiger partial charge in [-0.1, -0.05) is 86.1 Å². The number of ether oxygens (including phenoxy) is 1. The maximum atomic E-state index is 6.43. The summed E-state index contributed by atoms with van der Waals surface area (Å²) in [5.74, 6) is 2.45. The van der Waals surface area contributed by atoms with Gasteiger partial charge < -0.3 is 13.7 Å². The Bertz CT molecular complexity index is 2050. The van der Waals surface area contributed by atoms with Crippen LogP contribution < -0.4 is 4.74 Å². The summed E-state index contributed by atoms with van der Waals surface area (Å²) in [5, 5.41) is 6.43. The summed E-state index contributed by atoms with van der Waals surface area (Å²) in [4.78, 5) is 9.96. The molecule has 0 aliphatic carbocycles. The topological polar surface area (TPSA) is 70.4 Å². The van der Waals surface area contributed by atoms with Crippen LogP contribution in [0.15, 0.2) is 102 Å². The zero-order chi connectivity index (χ0) is 29.5. The second-order valence-electron chi connectivity index (χ2n) is 10.9. The molecule has 43 heavy (non-hydrogen) atoms. The fraction of sp³-hybridized carbons (Fsp3) is 0.171. The van der Waals surface area contributed by atoms with Crippen molar-refractivity contribution in [3.63, 3.8) is 0 Å². The molecule has 7 rings (SSSR count). The average Bonchev–Trinajstić information content (AvgIpc) is 3.76. The lowest BCUT2D eigenvalue weighted by Crippen LogP contribution is -2.03. The van der Waals surface area contributed by atoms with Crippen LogP contribution in [-0.2, 0) is 13.2 Å². The lowest BCUT2D eigenvalue weighted by atomic mass is 9.99. The fourth-order valence-corrected chi connectivity index (χ4v) is 5.80. The van der Waals surface area contributed by atoms with E-state index in [1.165, 1.54) is 0 Å². The molecule has 8 heteroatoms. The molecule has 0 bridgehead atoms. The first-order valence-corrected chi connectivity index (χ1v) is 14.7. The zero-order valence-electron chi connectivity index (χ0n) is 24.2. The Morgan fingerprint density at radius 1 is 0.907 bits per heavy atom. The molecule has 0 N–H and O–H groups in total. The highest BCUT2D eigenvalue weighted by molar-refractivity contribution is 6.31. The highest BCUT2D eigenvalue weighted by Crippen LogP contribution is 2.42. The van der Waals surface area contributed by atoms with E-state index in [0.717, 1.165) is 61.1 Å². The molecule has 0 radical (unpaired) electrons. The molecule has 4 heterocycles. The minimum Gasteiger partial charge on any atom is -0.485 e. The number of halogens is 1. The minimum atomic E-state index is 0.212. The molecule has 0 saturated heterocycles. The number of benzene rings is 3. The van der Waals surface area contributed by atoms with Crippen LogP contribution in [0.3, 0.4) is 0 Å². The van der Waals surface area contributed by atoms with Crippen molar-refractivity contribution in [1.82, 2.24) is 24.1 Å². The summed E-state index contributed by atoms with van der Waals surface area (Å²) in [7, 11) is 0. The number of aromatic nitrogens is 5. The second kappa shape index (κ2) is 11.1. The molecule has 214 valence electrons. The van der Waals surface area contributed by atoms with E-state index in [4.69, 9.17) is 35.8 Å². The van der Waals surface area contributed by atoms with Crippen molar-refractivity contribution >= 4 is 28.3 Å². The van der Waals surface area contributed by atoms with Crippen molar-refractivity contribution in [3.8, 4) is 28.1 Å². The number of aryl methyl sites for hydroxylation is 1. The molecule has 3 aromatic carbocycles. The Balaban J connectivity index is 1.42. The molecule has 7 aromatic rings. The van der Waals surface area contributed by atoms with Crippen LogP contribution in [0.4, 0.5) is 0 Å². The van der Waals surface area contributed by atoms with E-state index < -0.39 is 0 Å². The monoisotopic (exact) mass is 587 g/mol. The van der Waals surface area contributed by atoms with Crippen LogP contribution in [0.1, 0.15) is 42.5 Å². The van der Waals surface area contributed by atoms with E-state index >= 15 is 0 Å². The summed E-state index contributed by atoms with van der Waals surface area (Å²) in [6.07, 6.45) is 3.42. The maximum Gasteiger partial charge on any atom is 0.189 e. The van der Waals surface area contributed by atoms with Crippen LogP contribution in [0.2, 0.25) is 5.02 Å². The molecule has 0 aliphatic rings. The van der Waals surface area contributed by atoms with Crippen LogP contribution in [0.5, 0.6) is 5.75 Å².